The predicted octanol–water partition coefficient (Wildman–Crippen LogP) is 3.28. The lowest BCUT2D eigenvalue weighted by Gasteiger charge is -2.42. The summed E-state index contributed by atoms with van der Waals surface area (Å²) in [6.45, 7) is 4.22. The van der Waals surface area contributed by atoms with E-state index in [9.17, 15) is 9.90 Å². The number of aromatic hydroxyl groups is 1. The Morgan fingerprint density at radius 1 is 1.22 bits per heavy atom. The Hall–Kier alpha value is -1.57. The lowest BCUT2D eigenvalue weighted by Crippen LogP contribution is -2.35. The van der Waals surface area contributed by atoms with Crippen LogP contribution in [0.2, 0.25) is 0 Å². The van der Waals surface area contributed by atoms with Gasteiger partial charge in [0, 0.05) is 11.8 Å². The van der Waals surface area contributed by atoms with Crippen molar-refractivity contribution in [2.45, 2.75) is 44.9 Å². The van der Waals surface area contributed by atoms with Gasteiger partial charge in [0.15, 0.2) is 5.78 Å². The number of benzene rings is 1. The molecule has 94 valence electrons. The molecule has 0 aliphatic heterocycles. The Morgan fingerprint density at radius 2 is 2.00 bits per heavy atom. The van der Waals surface area contributed by atoms with Crippen LogP contribution in [0, 0.1) is 0 Å². The van der Waals surface area contributed by atoms with Crippen molar-refractivity contribution in [1.82, 2.24) is 0 Å². The molecule has 0 amide bonds. The van der Waals surface area contributed by atoms with E-state index in [1.165, 1.54) is 16.7 Å². The number of phenols is 1. The minimum Gasteiger partial charge on any atom is -0.508 e. The number of rotatable bonds is 0. The lowest BCUT2D eigenvalue weighted by molar-refractivity contribution is -0.116. The average Bonchev–Trinajstić information content (AvgIpc) is 2.34. The molecule has 0 spiro atoms. The van der Waals surface area contributed by atoms with Gasteiger partial charge in [-0.2, -0.15) is 0 Å². The first-order chi connectivity index (χ1) is 8.52. The Balaban J connectivity index is 2.21. The van der Waals surface area contributed by atoms with Crippen LogP contribution in [0.15, 0.2) is 29.3 Å². The van der Waals surface area contributed by atoms with Crippen LogP contribution in [-0.2, 0) is 16.6 Å². The maximum absolute atomic E-state index is 11.9. The highest BCUT2D eigenvalue weighted by molar-refractivity contribution is 5.97. The largest absolute Gasteiger partial charge is 0.508 e. The summed E-state index contributed by atoms with van der Waals surface area (Å²) in [6.07, 6.45) is 3.42. The van der Waals surface area contributed by atoms with E-state index in [0.29, 0.717) is 18.0 Å². The van der Waals surface area contributed by atoms with Crippen LogP contribution in [0.1, 0.15) is 44.2 Å². The quantitative estimate of drug-likeness (QED) is 0.758. The highest BCUT2D eigenvalue weighted by Crippen LogP contribution is 2.48. The molecule has 1 atom stereocenters. The number of fused-ring (bicyclic) bond motifs is 3. The van der Waals surface area contributed by atoms with Crippen LogP contribution in [0.3, 0.4) is 0 Å². The van der Waals surface area contributed by atoms with Gasteiger partial charge in [-0.1, -0.05) is 18.6 Å². The first kappa shape index (κ1) is 11.5. The van der Waals surface area contributed by atoms with E-state index in [2.05, 4.69) is 6.92 Å². The minimum absolute atomic E-state index is 0.000718. The molecule has 0 saturated heterocycles. The molecule has 1 aromatic rings. The van der Waals surface area contributed by atoms with Crippen molar-refractivity contribution in [3.8, 4) is 5.75 Å². The molecule has 1 N–H and O–H groups in total. The molecular formula is C16H18O2. The molecule has 3 rings (SSSR count). The van der Waals surface area contributed by atoms with Gasteiger partial charge in [-0.15, -0.1) is 0 Å². The van der Waals surface area contributed by atoms with Crippen molar-refractivity contribution >= 4 is 5.78 Å². The van der Waals surface area contributed by atoms with Gasteiger partial charge in [0.05, 0.1) is 0 Å². The summed E-state index contributed by atoms with van der Waals surface area (Å²) in [5, 5.41) is 9.60. The van der Waals surface area contributed by atoms with Crippen LogP contribution < -0.4 is 0 Å². The number of carbonyl (C=O) groups excluding carboxylic acids is 1. The molecule has 0 aromatic heterocycles. The van der Waals surface area contributed by atoms with Crippen molar-refractivity contribution in [2.24, 2.45) is 0 Å². The number of hydrogen-bond acceptors (Lipinski definition) is 2. The lowest BCUT2D eigenvalue weighted by atomic mass is 9.61. The fourth-order valence-corrected chi connectivity index (χ4v) is 3.63. The van der Waals surface area contributed by atoms with E-state index in [1.54, 1.807) is 6.07 Å². The van der Waals surface area contributed by atoms with Gasteiger partial charge in [-0.05, 0) is 55.0 Å². The highest BCUT2D eigenvalue weighted by atomic mass is 16.3. The summed E-state index contributed by atoms with van der Waals surface area (Å²) in [5.41, 5.74) is 4.83. The molecule has 0 heterocycles. The monoisotopic (exact) mass is 242 g/mol. The molecule has 2 aliphatic carbocycles. The smallest absolute Gasteiger partial charge is 0.158 e. The number of aryl methyl sites for hydroxylation is 1. The maximum Gasteiger partial charge on any atom is 0.158 e. The number of carbonyl (C=O) groups is 1. The maximum atomic E-state index is 11.9. The van der Waals surface area contributed by atoms with Crippen LogP contribution >= 0.6 is 0 Å². The second kappa shape index (κ2) is 3.71. The normalized spacial score (nSPS) is 26.9. The second-order valence-electron chi connectivity index (χ2n) is 5.70. The Morgan fingerprint density at radius 3 is 2.78 bits per heavy atom. The summed E-state index contributed by atoms with van der Waals surface area (Å²) in [7, 11) is 0. The van der Waals surface area contributed by atoms with E-state index < -0.39 is 0 Å². The fraction of sp³-hybridized carbons (Fsp3) is 0.438. The van der Waals surface area contributed by atoms with Gasteiger partial charge in [0.25, 0.3) is 0 Å². The van der Waals surface area contributed by atoms with Crippen LogP contribution in [0.5, 0.6) is 5.75 Å². The molecule has 1 unspecified atom stereocenters. The fourth-order valence-electron chi connectivity index (χ4n) is 3.63. The minimum atomic E-state index is -0.000718. The third-order valence-corrected chi connectivity index (χ3v) is 4.72. The zero-order valence-corrected chi connectivity index (χ0v) is 10.9. The number of hydrogen-bond donors (Lipinski definition) is 1. The summed E-state index contributed by atoms with van der Waals surface area (Å²) >= 11 is 0. The van der Waals surface area contributed by atoms with Gasteiger partial charge in [-0.3, -0.25) is 4.79 Å². The first-order valence-corrected chi connectivity index (χ1v) is 6.58. The zero-order valence-electron chi connectivity index (χ0n) is 10.9. The number of phenolic OH excluding ortho intramolecular Hbond substituents is 1. The summed E-state index contributed by atoms with van der Waals surface area (Å²) in [4.78, 5) is 11.9. The predicted molar refractivity (Wildman–Crippen MR) is 70.7 cm³/mol. The Bertz CT molecular complexity index is 568. The van der Waals surface area contributed by atoms with Gasteiger partial charge < -0.3 is 5.11 Å². The van der Waals surface area contributed by atoms with E-state index in [4.69, 9.17) is 0 Å². The van der Waals surface area contributed by atoms with Crippen molar-refractivity contribution in [2.75, 3.05) is 0 Å². The number of Topliss-reactive ketones (excluding diaryl/α,β-unsaturated/α-hetero) is 1. The molecule has 0 fully saturated rings. The number of allylic oxidation sites excluding steroid dienone is 2. The summed E-state index contributed by atoms with van der Waals surface area (Å²) in [6, 6.07) is 5.68. The van der Waals surface area contributed by atoms with E-state index in [-0.39, 0.29) is 5.41 Å². The number of ketones is 1. The van der Waals surface area contributed by atoms with Crippen molar-refractivity contribution in [3.63, 3.8) is 0 Å². The van der Waals surface area contributed by atoms with Crippen molar-refractivity contribution < 1.29 is 9.90 Å². The van der Waals surface area contributed by atoms with Crippen LogP contribution in [-0.4, -0.2) is 10.9 Å². The molecule has 0 radical (unpaired) electrons. The Labute approximate surface area is 107 Å². The van der Waals surface area contributed by atoms with E-state index in [0.717, 1.165) is 24.8 Å². The van der Waals surface area contributed by atoms with Crippen LogP contribution in [0.25, 0.3) is 0 Å². The van der Waals surface area contributed by atoms with Crippen molar-refractivity contribution in [3.05, 3.63) is 40.5 Å². The van der Waals surface area contributed by atoms with Crippen LogP contribution in [0.4, 0.5) is 0 Å². The van der Waals surface area contributed by atoms with Gasteiger partial charge in [-0.25, -0.2) is 0 Å². The van der Waals surface area contributed by atoms with E-state index in [1.807, 2.05) is 19.1 Å². The first-order valence-electron chi connectivity index (χ1n) is 6.58. The topological polar surface area (TPSA) is 37.3 Å². The molecule has 2 aliphatic rings. The molecule has 1 aromatic carbocycles. The standard InChI is InChI=1S/C16H18O2/c1-10-13-5-3-11-9-12(17)4-6-14(11)16(13,2)8-7-15(10)18/h4,6,9,17H,3,5,7-8H2,1-2H3. The summed E-state index contributed by atoms with van der Waals surface area (Å²) < 4.78 is 0. The molecular weight excluding hydrogens is 224 g/mol. The second-order valence-corrected chi connectivity index (χ2v) is 5.70. The zero-order chi connectivity index (χ0) is 12.9. The highest BCUT2D eigenvalue weighted by Gasteiger charge is 2.40. The van der Waals surface area contributed by atoms with Gasteiger partial charge >= 0.3 is 0 Å². The SMILES string of the molecule is CC1=C2CCc3cc(O)ccc3C2(C)CCC1=O. The van der Waals surface area contributed by atoms with Crippen molar-refractivity contribution in [1.29, 1.82) is 0 Å². The molecule has 2 heteroatoms. The average molecular weight is 242 g/mol. The third-order valence-electron chi connectivity index (χ3n) is 4.72. The van der Waals surface area contributed by atoms with E-state index >= 15 is 0 Å². The molecule has 0 bridgehead atoms. The van der Waals surface area contributed by atoms with Gasteiger partial charge in [0.1, 0.15) is 5.75 Å². The molecule has 0 saturated carbocycles. The summed E-state index contributed by atoms with van der Waals surface area (Å²) in [5.74, 6) is 0.651. The van der Waals surface area contributed by atoms with Gasteiger partial charge in [0.2, 0.25) is 0 Å². The Kier molecular flexibility index (Phi) is 2.37. The third kappa shape index (κ3) is 1.45. The molecule has 18 heavy (non-hydrogen) atoms. The molecule has 2 nitrogen and oxygen atoms in total.